The molecular formula is C24H39N11O2. The van der Waals surface area contributed by atoms with Crippen molar-refractivity contribution in [2.45, 2.75) is 57.3 Å². The first-order chi connectivity index (χ1) is 17.5. The molecule has 37 heavy (non-hydrogen) atoms. The first-order valence-electron chi connectivity index (χ1n) is 12.7. The summed E-state index contributed by atoms with van der Waals surface area (Å²) < 4.78 is 0. The van der Waals surface area contributed by atoms with Crippen molar-refractivity contribution < 1.29 is 9.90 Å². The number of phenolic OH excluding ortho intramolecular Hbond substituents is 1. The second-order valence-electron chi connectivity index (χ2n) is 10.6. The molecule has 3 heterocycles. The molecule has 4 atom stereocenters. The standard InChI is InChI=1S/C24H39N11O2/c1-13(2)5-21(37)30-19-4-3-18(8-20(19)36)29-22-31-23(34-9-14(25)6-15(26)10-34)33-24(32-22)35-11-16(27)7-17(28)12-35/h3-4,8,13-17,36H,5-7,9-12,25-28H2,1-2H3,(H,30,37)(H,29,31,32,33)/t14-,15+,16-,17+. The summed E-state index contributed by atoms with van der Waals surface area (Å²) >= 11 is 0. The Labute approximate surface area is 217 Å². The van der Waals surface area contributed by atoms with Gasteiger partial charge in [-0.1, -0.05) is 13.8 Å². The summed E-state index contributed by atoms with van der Waals surface area (Å²) in [5.41, 5.74) is 25.7. The number of rotatable bonds is 7. The molecule has 0 radical (unpaired) electrons. The Morgan fingerprint density at radius 2 is 1.46 bits per heavy atom. The number of piperidine rings is 2. The Hall–Kier alpha value is -3.26. The van der Waals surface area contributed by atoms with Crippen molar-refractivity contribution in [3.63, 3.8) is 0 Å². The van der Waals surface area contributed by atoms with Gasteiger partial charge in [0.05, 0.1) is 5.69 Å². The van der Waals surface area contributed by atoms with E-state index in [4.69, 9.17) is 27.9 Å². The van der Waals surface area contributed by atoms with Crippen LogP contribution in [0.3, 0.4) is 0 Å². The third-order valence-corrected chi connectivity index (χ3v) is 6.33. The number of carbonyl (C=O) groups excluding carboxylic acids is 1. The smallest absolute Gasteiger partial charge is 0.233 e. The monoisotopic (exact) mass is 513 g/mol. The fraction of sp³-hybridized carbons (Fsp3) is 0.583. The van der Waals surface area contributed by atoms with Crippen molar-refractivity contribution in [2.24, 2.45) is 28.9 Å². The number of benzene rings is 1. The van der Waals surface area contributed by atoms with Gasteiger partial charge in [-0.3, -0.25) is 4.79 Å². The minimum atomic E-state index is -0.159. The van der Waals surface area contributed by atoms with Crippen LogP contribution in [-0.4, -0.2) is 76.3 Å². The molecule has 1 aromatic heterocycles. The molecule has 0 unspecified atom stereocenters. The summed E-state index contributed by atoms with van der Waals surface area (Å²) in [5.74, 6) is 1.17. The van der Waals surface area contributed by atoms with Crippen LogP contribution in [0.15, 0.2) is 18.2 Å². The van der Waals surface area contributed by atoms with E-state index in [1.807, 2.05) is 23.6 Å². The Balaban J connectivity index is 1.60. The van der Waals surface area contributed by atoms with Gasteiger partial charge in [-0.25, -0.2) is 0 Å². The predicted octanol–water partition coefficient (Wildman–Crippen LogP) is 0.0348. The van der Waals surface area contributed by atoms with Crippen molar-refractivity contribution in [2.75, 3.05) is 46.6 Å². The van der Waals surface area contributed by atoms with Crippen LogP contribution < -0.4 is 43.4 Å². The van der Waals surface area contributed by atoms with Crippen LogP contribution in [0.2, 0.25) is 0 Å². The molecule has 13 heteroatoms. The van der Waals surface area contributed by atoms with Crippen molar-refractivity contribution in [1.29, 1.82) is 0 Å². The fourth-order valence-corrected chi connectivity index (χ4v) is 4.79. The Morgan fingerprint density at radius 1 is 0.946 bits per heavy atom. The van der Waals surface area contributed by atoms with E-state index in [0.717, 1.165) is 12.8 Å². The zero-order chi connectivity index (χ0) is 26.7. The molecule has 2 aliphatic heterocycles. The summed E-state index contributed by atoms with van der Waals surface area (Å²) in [6, 6.07) is 4.51. The summed E-state index contributed by atoms with van der Waals surface area (Å²) in [5, 5.41) is 16.4. The number of hydrogen-bond acceptors (Lipinski definition) is 12. The summed E-state index contributed by atoms with van der Waals surface area (Å²) in [4.78, 5) is 30.0. The molecule has 13 nitrogen and oxygen atoms in total. The van der Waals surface area contributed by atoms with E-state index < -0.39 is 0 Å². The number of aromatic nitrogens is 3. The van der Waals surface area contributed by atoms with Gasteiger partial charge >= 0.3 is 0 Å². The first-order valence-corrected chi connectivity index (χ1v) is 12.7. The molecule has 4 rings (SSSR count). The molecule has 0 aliphatic carbocycles. The lowest BCUT2D eigenvalue weighted by Crippen LogP contribution is -2.54. The fourth-order valence-electron chi connectivity index (χ4n) is 4.79. The Kier molecular flexibility index (Phi) is 8.27. The highest BCUT2D eigenvalue weighted by Gasteiger charge is 2.28. The van der Waals surface area contributed by atoms with Crippen LogP contribution in [0.1, 0.15) is 33.1 Å². The zero-order valence-corrected chi connectivity index (χ0v) is 21.5. The number of carbonyl (C=O) groups is 1. The van der Waals surface area contributed by atoms with E-state index in [0.29, 0.717) is 55.9 Å². The maximum absolute atomic E-state index is 12.1. The molecule has 2 fully saturated rings. The molecule has 202 valence electrons. The van der Waals surface area contributed by atoms with E-state index in [9.17, 15) is 9.90 Å². The number of aromatic hydroxyl groups is 1. The van der Waals surface area contributed by atoms with Gasteiger partial charge < -0.3 is 48.5 Å². The van der Waals surface area contributed by atoms with Gasteiger partial charge in [0.2, 0.25) is 23.8 Å². The molecular weight excluding hydrogens is 474 g/mol. The summed E-state index contributed by atoms with van der Waals surface area (Å²) in [6.45, 7) is 6.20. The summed E-state index contributed by atoms with van der Waals surface area (Å²) in [6.07, 6.45) is 1.83. The van der Waals surface area contributed by atoms with Crippen LogP contribution in [0, 0.1) is 5.92 Å². The van der Waals surface area contributed by atoms with Crippen LogP contribution in [0.4, 0.5) is 29.2 Å². The van der Waals surface area contributed by atoms with E-state index in [-0.39, 0.29) is 47.7 Å². The lowest BCUT2D eigenvalue weighted by molar-refractivity contribution is -0.116. The van der Waals surface area contributed by atoms with Crippen LogP contribution in [0.5, 0.6) is 5.75 Å². The largest absolute Gasteiger partial charge is 0.506 e. The average molecular weight is 514 g/mol. The highest BCUT2D eigenvalue weighted by molar-refractivity contribution is 5.92. The lowest BCUT2D eigenvalue weighted by atomic mass is 10.0. The third-order valence-electron chi connectivity index (χ3n) is 6.33. The zero-order valence-electron chi connectivity index (χ0n) is 21.5. The topological polar surface area (TPSA) is 211 Å². The van der Waals surface area contributed by atoms with Gasteiger partial charge in [-0.05, 0) is 30.9 Å². The highest BCUT2D eigenvalue weighted by Crippen LogP contribution is 2.29. The maximum atomic E-state index is 12.1. The molecule has 0 spiro atoms. The highest BCUT2D eigenvalue weighted by atomic mass is 16.3. The van der Waals surface area contributed by atoms with Crippen molar-refractivity contribution in [3.8, 4) is 5.75 Å². The number of hydrogen-bond donors (Lipinski definition) is 7. The van der Waals surface area contributed by atoms with Gasteiger partial charge in [0.25, 0.3) is 0 Å². The third kappa shape index (κ3) is 7.16. The Bertz CT molecular complexity index is 1030. The molecule has 1 aromatic carbocycles. The normalized spacial score (nSPS) is 24.3. The molecule has 2 aliphatic rings. The molecule has 11 N–H and O–H groups in total. The average Bonchev–Trinajstić information content (AvgIpc) is 2.79. The van der Waals surface area contributed by atoms with Crippen LogP contribution in [-0.2, 0) is 4.79 Å². The number of phenols is 1. The molecule has 0 saturated carbocycles. The van der Waals surface area contributed by atoms with E-state index in [1.165, 1.54) is 6.07 Å². The van der Waals surface area contributed by atoms with Gasteiger partial charge in [0.15, 0.2) is 0 Å². The van der Waals surface area contributed by atoms with Crippen molar-refractivity contribution >= 4 is 35.1 Å². The lowest BCUT2D eigenvalue weighted by Gasteiger charge is -2.37. The summed E-state index contributed by atoms with van der Waals surface area (Å²) in [7, 11) is 0. The molecule has 2 saturated heterocycles. The second kappa shape index (κ2) is 11.4. The van der Waals surface area contributed by atoms with Gasteiger partial charge in [0, 0.05) is 68.5 Å². The maximum Gasteiger partial charge on any atom is 0.233 e. The molecule has 2 aromatic rings. The number of anilines is 5. The van der Waals surface area contributed by atoms with Crippen LogP contribution in [0.25, 0.3) is 0 Å². The molecule has 1 amide bonds. The number of nitrogens with one attached hydrogen (secondary N) is 2. The number of nitrogens with two attached hydrogens (primary N) is 4. The van der Waals surface area contributed by atoms with Crippen LogP contribution >= 0.6 is 0 Å². The van der Waals surface area contributed by atoms with E-state index in [1.54, 1.807) is 12.1 Å². The SMILES string of the molecule is CC(C)CC(=O)Nc1ccc(Nc2nc(N3C[C@H](N)C[C@H](N)C3)nc(N3C[C@H](N)C[C@H](N)C3)n2)cc1O. The minimum Gasteiger partial charge on any atom is -0.506 e. The minimum absolute atomic E-state index is 0.0717. The Morgan fingerprint density at radius 3 is 1.92 bits per heavy atom. The first kappa shape index (κ1) is 26.8. The predicted molar refractivity (Wildman–Crippen MR) is 145 cm³/mol. The molecule has 0 bridgehead atoms. The van der Waals surface area contributed by atoms with Crippen molar-refractivity contribution in [3.05, 3.63) is 18.2 Å². The quantitative estimate of drug-likeness (QED) is 0.245. The van der Waals surface area contributed by atoms with Crippen molar-refractivity contribution in [1.82, 2.24) is 15.0 Å². The number of amides is 1. The second-order valence-corrected chi connectivity index (χ2v) is 10.6. The van der Waals surface area contributed by atoms with Gasteiger partial charge in [-0.2, -0.15) is 15.0 Å². The number of nitrogens with zero attached hydrogens (tertiary/aromatic N) is 5. The van der Waals surface area contributed by atoms with Gasteiger partial charge in [-0.15, -0.1) is 0 Å². The van der Waals surface area contributed by atoms with E-state index >= 15 is 0 Å². The van der Waals surface area contributed by atoms with E-state index in [2.05, 4.69) is 20.6 Å². The van der Waals surface area contributed by atoms with Gasteiger partial charge in [0.1, 0.15) is 5.75 Å².